The number of carbonyl (C=O) groups excluding carboxylic acids is 1. The maximum atomic E-state index is 12.0. The Morgan fingerprint density at radius 1 is 1.09 bits per heavy atom. The summed E-state index contributed by atoms with van der Waals surface area (Å²) in [5.41, 5.74) is 1.00. The fourth-order valence-corrected chi connectivity index (χ4v) is 5.63. The topological polar surface area (TPSA) is 96.4 Å². The predicted octanol–water partition coefficient (Wildman–Crippen LogP) is 5.62. The molecule has 32 heavy (non-hydrogen) atoms. The van der Waals surface area contributed by atoms with Crippen LogP contribution in [-0.4, -0.2) is 46.0 Å². The van der Waals surface area contributed by atoms with Crippen molar-refractivity contribution < 1.29 is 14.6 Å². The minimum atomic E-state index is -0.459. The number of aliphatic hydroxyl groups excluding tert-OH is 1. The van der Waals surface area contributed by atoms with E-state index in [1.807, 2.05) is 46.0 Å². The van der Waals surface area contributed by atoms with E-state index < -0.39 is 5.60 Å². The molecule has 0 aromatic carbocycles. The average molecular weight is 465 g/mol. The zero-order valence-electron chi connectivity index (χ0n) is 20.6. The second-order valence-electron chi connectivity index (χ2n) is 9.12. The van der Waals surface area contributed by atoms with Gasteiger partial charge in [-0.2, -0.15) is 0 Å². The van der Waals surface area contributed by atoms with Crippen molar-refractivity contribution in [3.8, 4) is 0 Å². The van der Waals surface area contributed by atoms with Crippen molar-refractivity contribution >= 4 is 33.5 Å². The Morgan fingerprint density at radius 3 is 2.34 bits per heavy atom. The monoisotopic (exact) mass is 464 g/mol. The third-order valence-electron chi connectivity index (χ3n) is 5.69. The third kappa shape index (κ3) is 6.54. The van der Waals surface area contributed by atoms with E-state index in [1.54, 1.807) is 6.33 Å². The van der Waals surface area contributed by atoms with Gasteiger partial charge in [0.2, 0.25) is 0 Å². The number of rotatable bonds is 3. The Morgan fingerprint density at radius 2 is 1.72 bits per heavy atom. The van der Waals surface area contributed by atoms with Crippen LogP contribution in [0.2, 0.25) is 0 Å². The molecule has 0 spiro atoms. The van der Waals surface area contributed by atoms with Gasteiger partial charge >= 0.3 is 6.09 Å². The van der Waals surface area contributed by atoms with Crippen molar-refractivity contribution in [3.05, 3.63) is 16.8 Å². The summed E-state index contributed by atoms with van der Waals surface area (Å²) in [5.74, 6) is 1.57. The van der Waals surface area contributed by atoms with Crippen molar-refractivity contribution in [3.63, 3.8) is 0 Å². The summed E-state index contributed by atoms with van der Waals surface area (Å²) in [6.45, 7) is 12.0. The molecule has 0 radical (unpaired) electrons. The van der Waals surface area contributed by atoms with Crippen LogP contribution in [0.1, 0.15) is 90.0 Å². The molecule has 2 aliphatic carbocycles. The molecule has 8 heteroatoms. The Bertz CT molecular complexity index is 870. The van der Waals surface area contributed by atoms with Gasteiger partial charge in [-0.05, 0) is 70.8 Å². The SMILES string of the molecule is CC.CO.C[C@H]1CCc2sc3ncnc(NC4CCC(NC(=O)OC(C)(C)C)CC4)c3c21. The number of aromatic nitrogens is 2. The molecule has 2 aromatic heterocycles. The van der Waals surface area contributed by atoms with E-state index in [0.717, 1.165) is 43.4 Å². The highest BCUT2D eigenvalue weighted by Gasteiger charge is 2.29. The molecule has 0 aliphatic heterocycles. The van der Waals surface area contributed by atoms with Gasteiger partial charge < -0.3 is 20.5 Å². The summed E-state index contributed by atoms with van der Waals surface area (Å²) >= 11 is 1.83. The molecule has 1 fully saturated rings. The molecule has 1 saturated carbocycles. The van der Waals surface area contributed by atoms with Crippen molar-refractivity contribution in [2.45, 2.75) is 104 Å². The zero-order chi connectivity index (χ0) is 23.9. The van der Waals surface area contributed by atoms with Crippen molar-refractivity contribution in [2.75, 3.05) is 12.4 Å². The average Bonchev–Trinajstić information content (AvgIpc) is 3.31. The largest absolute Gasteiger partial charge is 0.444 e. The first-order chi connectivity index (χ1) is 15.3. The first-order valence-electron chi connectivity index (χ1n) is 11.8. The number of fused-ring (bicyclic) bond motifs is 3. The number of aryl methyl sites for hydroxylation is 1. The highest BCUT2D eigenvalue weighted by molar-refractivity contribution is 7.19. The van der Waals surface area contributed by atoms with Crippen LogP contribution in [0.5, 0.6) is 0 Å². The lowest BCUT2D eigenvalue weighted by Crippen LogP contribution is -2.42. The molecule has 3 N–H and O–H groups in total. The molecular weight excluding hydrogens is 424 g/mol. The maximum absolute atomic E-state index is 12.0. The van der Waals surface area contributed by atoms with E-state index in [2.05, 4.69) is 27.5 Å². The van der Waals surface area contributed by atoms with Crippen LogP contribution < -0.4 is 10.6 Å². The van der Waals surface area contributed by atoms with Crippen LogP contribution in [0.3, 0.4) is 0 Å². The molecule has 1 atom stereocenters. The van der Waals surface area contributed by atoms with E-state index in [4.69, 9.17) is 9.84 Å². The van der Waals surface area contributed by atoms with Crippen LogP contribution in [0.4, 0.5) is 10.6 Å². The number of hydrogen-bond acceptors (Lipinski definition) is 7. The van der Waals surface area contributed by atoms with E-state index >= 15 is 0 Å². The van der Waals surface area contributed by atoms with Crippen LogP contribution in [0, 0.1) is 0 Å². The minimum Gasteiger partial charge on any atom is -0.444 e. The van der Waals surface area contributed by atoms with Gasteiger partial charge in [-0.15, -0.1) is 11.3 Å². The zero-order valence-corrected chi connectivity index (χ0v) is 21.4. The second kappa shape index (κ2) is 11.8. The molecule has 0 unspecified atom stereocenters. The van der Waals surface area contributed by atoms with Gasteiger partial charge in [-0.1, -0.05) is 20.8 Å². The molecule has 180 valence electrons. The highest BCUT2D eigenvalue weighted by atomic mass is 32.1. The fourth-order valence-electron chi connectivity index (χ4n) is 4.36. The summed E-state index contributed by atoms with van der Waals surface area (Å²) in [4.78, 5) is 23.7. The Kier molecular flexibility index (Phi) is 9.70. The van der Waals surface area contributed by atoms with Crippen LogP contribution >= 0.6 is 11.3 Å². The Labute approximate surface area is 196 Å². The first kappa shape index (κ1) is 26.3. The van der Waals surface area contributed by atoms with E-state index in [0.29, 0.717) is 12.0 Å². The van der Waals surface area contributed by atoms with Gasteiger partial charge in [0.1, 0.15) is 22.6 Å². The van der Waals surface area contributed by atoms with E-state index in [9.17, 15) is 4.79 Å². The number of hydrogen-bond donors (Lipinski definition) is 3. The lowest BCUT2D eigenvalue weighted by Gasteiger charge is -2.31. The number of ether oxygens (including phenoxy) is 1. The van der Waals surface area contributed by atoms with Gasteiger partial charge in [0, 0.05) is 24.1 Å². The number of nitrogens with one attached hydrogen (secondary N) is 2. The molecule has 4 rings (SSSR count). The Hall–Kier alpha value is -1.93. The number of amides is 1. The van der Waals surface area contributed by atoms with Crippen LogP contribution in [0.25, 0.3) is 10.2 Å². The minimum absolute atomic E-state index is 0.184. The second-order valence-corrected chi connectivity index (χ2v) is 10.2. The normalized spacial score (nSPS) is 22.1. The quantitative estimate of drug-likeness (QED) is 0.545. The molecular formula is C24H40N4O3S. The molecule has 2 aromatic rings. The van der Waals surface area contributed by atoms with Gasteiger partial charge in [0.25, 0.3) is 0 Å². The number of aliphatic hydroxyl groups is 1. The summed E-state index contributed by atoms with van der Waals surface area (Å²) in [5, 5.41) is 14.9. The van der Waals surface area contributed by atoms with Gasteiger partial charge in [-0.25, -0.2) is 14.8 Å². The number of thiophene rings is 1. The van der Waals surface area contributed by atoms with Crippen molar-refractivity contribution in [1.82, 2.24) is 15.3 Å². The summed E-state index contributed by atoms with van der Waals surface area (Å²) in [6, 6.07) is 0.561. The lowest BCUT2D eigenvalue weighted by molar-refractivity contribution is 0.0492. The van der Waals surface area contributed by atoms with Gasteiger partial charge in [-0.3, -0.25) is 0 Å². The van der Waals surface area contributed by atoms with Crippen LogP contribution in [-0.2, 0) is 11.2 Å². The maximum Gasteiger partial charge on any atom is 0.407 e. The molecule has 7 nitrogen and oxygen atoms in total. The molecule has 0 bridgehead atoms. The summed E-state index contributed by atoms with van der Waals surface area (Å²) < 4.78 is 5.37. The number of nitrogens with zero attached hydrogens (tertiary/aromatic N) is 2. The standard InChI is InChI=1S/C21H30N4O2S.C2H6.CH4O/c1-12-5-10-15-16(12)17-18(22-11-23-19(17)28-15)24-13-6-8-14(9-7-13)25-20(26)27-21(2,3)4;2*1-2/h11-14H,5-10H2,1-4H3,(H,25,26)(H,22,23,24);1-2H3;2H,1H3/t12-,13?,14?;;/m0../s1. The van der Waals surface area contributed by atoms with Gasteiger partial charge in [0.05, 0.1) is 5.39 Å². The molecule has 2 heterocycles. The fraction of sp³-hybridized carbons (Fsp3) is 0.708. The predicted molar refractivity (Wildman–Crippen MR) is 133 cm³/mol. The number of alkyl carbamates (subject to hydrolysis) is 1. The molecule has 1 amide bonds. The lowest BCUT2D eigenvalue weighted by atomic mass is 9.91. The summed E-state index contributed by atoms with van der Waals surface area (Å²) in [6.07, 6.45) is 7.67. The smallest absolute Gasteiger partial charge is 0.407 e. The van der Waals surface area contributed by atoms with Crippen molar-refractivity contribution in [2.24, 2.45) is 0 Å². The molecule has 0 saturated heterocycles. The van der Waals surface area contributed by atoms with Crippen molar-refractivity contribution in [1.29, 1.82) is 0 Å². The third-order valence-corrected chi connectivity index (χ3v) is 6.86. The van der Waals surface area contributed by atoms with Crippen LogP contribution in [0.15, 0.2) is 6.33 Å². The summed E-state index contributed by atoms with van der Waals surface area (Å²) in [7, 11) is 1.00. The Balaban J connectivity index is 0.000000860. The first-order valence-corrected chi connectivity index (χ1v) is 12.6. The van der Waals surface area contributed by atoms with E-state index in [-0.39, 0.29) is 12.1 Å². The molecule has 2 aliphatic rings. The number of anilines is 1. The number of carbonyl (C=O) groups is 1. The van der Waals surface area contributed by atoms with Gasteiger partial charge in [0.15, 0.2) is 0 Å². The highest BCUT2D eigenvalue weighted by Crippen LogP contribution is 2.45. The van der Waals surface area contributed by atoms with E-state index in [1.165, 1.54) is 28.7 Å².